The lowest BCUT2D eigenvalue weighted by atomic mass is 10.0. The van der Waals surface area contributed by atoms with Crippen LogP contribution in [0.25, 0.3) is 11.1 Å². The Bertz CT molecular complexity index is 667. The Balaban J connectivity index is 1.78. The molecule has 2 aromatic carbocycles. The van der Waals surface area contributed by atoms with Crippen LogP contribution in [0, 0.1) is 0 Å². The Morgan fingerprint density at radius 2 is 1.45 bits per heavy atom. The van der Waals surface area contributed by atoms with Gasteiger partial charge in [-0.2, -0.15) is 0 Å². The predicted molar refractivity (Wildman–Crippen MR) is 91.1 cm³/mol. The standard InChI is InChI=1S/C20H23NO/c1-14-18(21(14)20(2,3)4)19(22)17-12-10-16(11-13-17)15-8-6-5-7-9-15/h5-14,18H,1-4H3/t14-,18+,21?/m1/s1. The third kappa shape index (κ3) is 2.71. The van der Waals surface area contributed by atoms with Gasteiger partial charge in [0.05, 0.1) is 6.04 Å². The van der Waals surface area contributed by atoms with Crippen molar-refractivity contribution in [3.8, 4) is 11.1 Å². The van der Waals surface area contributed by atoms with E-state index in [1.165, 1.54) is 5.56 Å². The van der Waals surface area contributed by atoms with Crippen LogP contribution >= 0.6 is 0 Å². The Labute approximate surface area is 132 Å². The van der Waals surface area contributed by atoms with Crippen LogP contribution in [0.2, 0.25) is 0 Å². The summed E-state index contributed by atoms with van der Waals surface area (Å²) < 4.78 is 0. The number of hydrogen-bond donors (Lipinski definition) is 0. The lowest BCUT2D eigenvalue weighted by Gasteiger charge is -2.21. The number of carbonyl (C=O) groups is 1. The van der Waals surface area contributed by atoms with Crippen LogP contribution in [-0.4, -0.2) is 28.3 Å². The summed E-state index contributed by atoms with van der Waals surface area (Å²) in [6.07, 6.45) is 0. The van der Waals surface area contributed by atoms with Crippen LogP contribution in [0.5, 0.6) is 0 Å². The normalized spacial score (nSPS) is 24.1. The van der Waals surface area contributed by atoms with Gasteiger partial charge in [0, 0.05) is 17.1 Å². The summed E-state index contributed by atoms with van der Waals surface area (Å²) in [6.45, 7) is 8.62. The molecule has 0 spiro atoms. The second-order valence-corrected chi connectivity index (χ2v) is 7.07. The second-order valence-electron chi connectivity index (χ2n) is 7.07. The maximum Gasteiger partial charge on any atom is 0.181 e. The highest BCUT2D eigenvalue weighted by Gasteiger charge is 2.54. The molecule has 0 radical (unpaired) electrons. The fraction of sp³-hybridized carbons (Fsp3) is 0.350. The zero-order valence-corrected chi connectivity index (χ0v) is 13.7. The first kappa shape index (κ1) is 15.0. The molecule has 1 saturated heterocycles. The van der Waals surface area contributed by atoms with E-state index in [4.69, 9.17) is 0 Å². The number of hydrogen-bond acceptors (Lipinski definition) is 2. The number of ketones is 1. The first-order valence-corrected chi connectivity index (χ1v) is 7.88. The molecule has 0 saturated carbocycles. The van der Waals surface area contributed by atoms with Crippen LogP contribution in [-0.2, 0) is 0 Å². The summed E-state index contributed by atoms with van der Waals surface area (Å²) >= 11 is 0. The highest BCUT2D eigenvalue weighted by atomic mass is 16.1. The summed E-state index contributed by atoms with van der Waals surface area (Å²) in [7, 11) is 0. The van der Waals surface area contributed by atoms with Gasteiger partial charge in [-0.25, -0.2) is 0 Å². The van der Waals surface area contributed by atoms with Crippen LogP contribution in [0.3, 0.4) is 0 Å². The molecular formula is C20H23NO. The van der Waals surface area contributed by atoms with E-state index in [0.29, 0.717) is 6.04 Å². The van der Waals surface area contributed by atoms with Crippen molar-refractivity contribution < 1.29 is 4.79 Å². The smallest absolute Gasteiger partial charge is 0.181 e. The average molecular weight is 293 g/mol. The van der Waals surface area contributed by atoms with E-state index in [1.54, 1.807) is 0 Å². The highest BCUT2D eigenvalue weighted by molar-refractivity contribution is 6.03. The molecule has 2 nitrogen and oxygen atoms in total. The van der Waals surface area contributed by atoms with Crippen LogP contribution in [0.4, 0.5) is 0 Å². The molecule has 3 rings (SSSR count). The van der Waals surface area contributed by atoms with Gasteiger partial charge in [0.1, 0.15) is 0 Å². The van der Waals surface area contributed by atoms with E-state index in [1.807, 2.05) is 42.5 Å². The van der Waals surface area contributed by atoms with Crippen molar-refractivity contribution in [1.82, 2.24) is 4.90 Å². The number of rotatable bonds is 3. The van der Waals surface area contributed by atoms with Crippen LogP contribution in [0.15, 0.2) is 54.6 Å². The molecule has 1 heterocycles. The van der Waals surface area contributed by atoms with Gasteiger partial charge in [-0.15, -0.1) is 0 Å². The molecule has 2 heteroatoms. The predicted octanol–water partition coefficient (Wildman–Crippen LogP) is 4.41. The van der Waals surface area contributed by atoms with Gasteiger partial charge in [0.25, 0.3) is 0 Å². The first-order valence-electron chi connectivity index (χ1n) is 7.88. The Kier molecular flexibility index (Phi) is 3.65. The molecule has 0 amide bonds. The number of benzene rings is 2. The highest BCUT2D eigenvalue weighted by Crippen LogP contribution is 2.38. The van der Waals surface area contributed by atoms with Crippen molar-refractivity contribution in [1.29, 1.82) is 0 Å². The molecule has 1 aliphatic rings. The summed E-state index contributed by atoms with van der Waals surface area (Å²) in [4.78, 5) is 15.0. The van der Waals surface area contributed by atoms with Gasteiger partial charge in [-0.1, -0.05) is 54.6 Å². The van der Waals surface area contributed by atoms with Gasteiger partial charge in [0.15, 0.2) is 5.78 Å². The molecule has 1 fully saturated rings. The molecule has 0 aromatic heterocycles. The molecule has 114 valence electrons. The third-order valence-electron chi connectivity index (χ3n) is 4.43. The minimum atomic E-state index is 0.0302. The van der Waals surface area contributed by atoms with E-state index >= 15 is 0 Å². The van der Waals surface area contributed by atoms with Crippen molar-refractivity contribution in [3.05, 3.63) is 60.2 Å². The SMILES string of the molecule is C[C@@H]1[C@@H](C(=O)c2ccc(-c3ccccc3)cc2)N1C(C)(C)C. The molecular weight excluding hydrogens is 270 g/mol. The van der Waals surface area contributed by atoms with Gasteiger partial charge in [-0.3, -0.25) is 9.69 Å². The topological polar surface area (TPSA) is 20.1 Å². The zero-order chi connectivity index (χ0) is 15.9. The lowest BCUT2D eigenvalue weighted by Crippen LogP contribution is -2.30. The molecule has 0 aliphatic carbocycles. The summed E-state index contributed by atoms with van der Waals surface area (Å²) in [5.41, 5.74) is 3.18. The minimum Gasteiger partial charge on any atom is -0.292 e. The maximum absolute atomic E-state index is 12.7. The average Bonchev–Trinajstić information content (AvgIpc) is 3.19. The molecule has 3 atom stereocenters. The van der Waals surface area contributed by atoms with E-state index in [-0.39, 0.29) is 17.4 Å². The monoisotopic (exact) mass is 293 g/mol. The third-order valence-corrected chi connectivity index (χ3v) is 4.43. The second kappa shape index (κ2) is 5.36. The minimum absolute atomic E-state index is 0.0302. The maximum atomic E-state index is 12.7. The molecule has 0 bridgehead atoms. The Hall–Kier alpha value is -1.93. The number of carbonyl (C=O) groups excluding carboxylic acids is 1. The summed E-state index contributed by atoms with van der Waals surface area (Å²) in [6, 6.07) is 18.6. The molecule has 0 N–H and O–H groups in total. The summed E-state index contributed by atoms with van der Waals surface area (Å²) in [5, 5.41) is 0. The van der Waals surface area contributed by atoms with E-state index in [9.17, 15) is 4.79 Å². The van der Waals surface area contributed by atoms with Crippen molar-refractivity contribution in [2.24, 2.45) is 0 Å². The quantitative estimate of drug-likeness (QED) is 0.617. The first-order chi connectivity index (χ1) is 10.4. The van der Waals surface area contributed by atoms with E-state index < -0.39 is 0 Å². The van der Waals surface area contributed by atoms with Gasteiger partial charge in [-0.05, 0) is 38.8 Å². The molecule has 2 aromatic rings. The number of nitrogens with zero attached hydrogens (tertiary/aromatic N) is 1. The van der Waals surface area contributed by atoms with Crippen LogP contribution < -0.4 is 0 Å². The van der Waals surface area contributed by atoms with Crippen molar-refractivity contribution >= 4 is 5.78 Å². The van der Waals surface area contributed by atoms with E-state index in [0.717, 1.165) is 11.1 Å². The lowest BCUT2D eigenvalue weighted by molar-refractivity contribution is 0.0957. The van der Waals surface area contributed by atoms with Crippen molar-refractivity contribution in [2.45, 2.75) is 45.3 Å². The Morgan fingerprint density at radius 3 is 1.95 bits per heavy atom. The number of Topliss-reactive ketones (excluding diaryl/α,β-unsaturated/α-hetero) is 1. The van der Waals surface area contributed by atoms with Crippen molar-refractivity contribution in [3.63, 3.8) is 0 Å². The summed E-state index contributed by atoms with van der Waals surface area (Å²) in [5.74, 6) is 0.238. The van der Waals surface area contributed by atoms with Gasteiger partial charge in [0.2, 0.25) is 0 Å². The van der Waals surface area contributed by atoms with Gasteiger partial charge < -0.3 is 0 Å². The molecule has 22 heavy (non-hydrogen) atoms. The zero-order valence-electron chi connectivity index (χ0n) is 13.7. The van der Waals surface area contributed by atoms with Crippen LogP contribution in [0.1, 0.15) is 38.1 Å². The largest absolute Gasteiger partial charge is 0.292 e. The van der Waals surface area contributed by atoms with Crippen molar-refractivity contribution in [2.75, 3.05) is 0 Å². The Morgan fingerprint density at radius 1 is 0.909 bits per heavy atom. The van der Waals surface area contributed by atoms with E-state index in [2.05, 4.69) is 44.7 Å². The van der Waals surface area contributed by atoms with Gasteiger partial charge >= 0.3 is 0 Å². The molecule has 1 aliphatic heterocycles. The fourth-order valence-corrected chi connectivity index (χ4v) is 3.35. The fourth-order valence-electron chi connectivity index (χ4n) is 3.35. The molecule has 1 unspecified atom stereocenters.